The third kappa shape index (κ3) is 4.97. The number of carbonyl (C=O) groups excluding carboxylic acids is 2. The van der Waals surface area contributed by atoms with Crippen molar-refractivity contribution in [2.24, 2.45) is 5.73 Å². The molecule has 1 amide bonds. The molecular weight excluding hydrogens is 348 g/mol. The first kappa shape index (κ1) is 19.3. The number of piperazine rings is 1. The van der Waals surface area contributed by atoms with Crippen LogP contribution in [0.5, 0.6) is 5.75 Å². The Balaban J connectivity index is 1.82. The molecule has 4 N–H and O–H groups in total. The van der Waals surface area contributed by atoms with Gasteiger partial charge >= 0.3 is 5.97 Å². The van der Waals surface area contributed by atoms with Crippen molar-refractivity contribution in [2.45, 2.75) is 0 Å². The van der Waals surface area contributed by atoms with E-state index in [1.165, 1.54) is 19.2 Å². The van der Waals surface area contributed by atoms with Crippen LogP contribution in [-0.2, 0) is 9.53 Å². The van der Waals surface area contributed by atoms with Gasteiger partial charge in [0.1, 0.15) is 17.9 Å². The van der Waals surface area contributed by atoms with Gasteiger partial charge in [-0.05, 0) is 6.07 Å². The van der Waals surface area contributed by atoms with Crippen molar-refractivity contribution in [3.63, 3.8) is 0 Å². The molecule has 25 heavy (non-hydrogen) atoms. The van der Waals surface area contributed by atoms with Crippen molar-refractivity contribution < 1.29 is 19.1 Å². The Kier molecular flexibility index (Phi) is 6.86. The zero-order valence-corrected chi connectivity index (χ0v) is 14.9. The van der Waals surface area contributed by atoms with E-state index in [1.54, 1.807) is 4.90 Å². The molecule has 1 heterocycles. The van der Waals surface area contributed by atoms with Gasteiger partial charge in [0.2, 0.25) is 5.91 Å². The summed E-state index contributed by atoms with van der Waals surface area (Å²) >= 11 is 5.96. The SMILES string of the molecule is COc1cc(N)c(Cl)cc1C(=O)OCCN1CCN(C(=O)CN)CC1. The van der Waals surface area contributed by atoms with Gasteiger partial charge in [0.15, 0.2) is 0 Å². The minimum Gasteiger partial charge on any atom is -0.496 e. The first-order valence-corrected chi connectivity index (χ1v) is 8.34. The van der Waals surface area contributed by atoms with Crippen molar-refractivity contribution in [3.8, 4) is 5.75 Å². The lowest BCUT2D eigenvalue weighted by atomic mass is 10.2. The first-order valence-electron chi connectivity index (χ1n) is 7.96. The number of anilines is 1. The van der Waals surface area contributed by atoms with Crippen LogP contribution in [0.15, 0.2) is 12.1 Å². The number of benzene rings is 1. The molecule has 0 radical (unpaired) electrons. The van der Waals surface area contributed by atoms with Gasteiger partial charge in [-0.1, -0.05) is 11.6 Å². The topological polar surface area (TPSA) is 111 Å². The van der Waals surface area contributed by atoms with Crippen LogP contribution < -0.4 is 16.2 Å². The standard InChI is InChI=1S/C16H23ClN4O4/c1-24-14-9-13(19)12(17)8-11(14)16(23)25-7-6-20-2-4-21(5-3-20)15(22)10-18/h8-9H,2-7,10,18-19H2,1H3. The van der Waals surface area contributed by atoms with Crippen molar-refractivity contribution in [3.05, 3.63) is 22.7 Å². The van der Waals surface area contributed by atoms with Crippen LogP contribution in [0.2, 0.25) is 5.02 Å². The highest BCUT2D eigenvalue weighted by Gasteiger charge is 2.21. The number of rotatable bonds is 6. The first-order chi connectivity index (χ1) is 12.0. The van der Waals surface area contributed by atoms with Gasteiger partial charge in [-0.3, -0.25) is 9.69 Å². The summed E-state index contributed by atoms with van der Waals surface area (Å²) in [5, 5.41) is 0.272. The summed E-state index contributed by atoms with van der Waals surface area (Å²) < 4.78 is 10.4. The summed E-state index contributed by atoms with van der Waals surface area (Å²) in [6, 6.07) is 2.93. The molecule has 138 valence electrons. The van der Waals surface area contributed by atoms with Crippen LogP contribution >= 0.6 is 11.6 Å². The van der Waals surface area contributed by atoms with E-state index in [-0.39, 0.29) is 29.6 Å². The number of carbonyl (C=O) groups is 2. The maximum absolute atomic E-state index is 12.2. The summed E-state index contributed by atoms with van der Waals surface area (Å²) in [4.78, 5) is 27.6. The number of amides is 1. The zero-order chi connectivity index (χ0) is 18.4. The maximum Gasteiger partial charge on any atom is 0.342 e. The van der Waals surface area contributed by atoms with E-state index in [2.05, 4.69) is 4.90 Å². The second kappa shape index (κ2) is 8.89. The molecule has 2 rings (SSSR count). The Morgan fingerprint density at radius 1 is 1.24 bits per heavy atom. The minimum absolute atomic E-state index is 0.0313. The van der Waals surface area contributed by atoms with E-state index >= 15 is 0 Å². The monoisotopic (exact) mass is 370 g/mol. The molecule has 1 saturated heterocycles. The summed E-state index contributed by atoms with van der Waals surface area (Å²) in [6.07, 6.45) is 0. The molecule has 0 atom stereocenters. The second-order valence-electron chi connectivity index (χ2n) is 5.64. The van der Waals surface area contributed by atoms with E-state index in [1.807, 2.05) is 0 Å². The largest absolute Gasteiger partial charge is 0.496 e. The normalized spacial score (nSPS) is 15.1. The van der Waals surface area contributed by atoms with Crippen molar-refractivity contribution in [1.29, 1.82) is 0 Å². The fraction of sp³-hybridized carbons (Fsp3) is 0.500. The number of nitrogen functional groups attached to an aromatic ring is 1. The molecule has 1 aromatic rings. The van der Waals surface area contributed by atoms with Gasteiger partial charge in [0.25, 0.3) is 0 Å². The molecular formula is C16H23ClN4O4. The highest BCUT2D eigenvalue weighted by molar-refractivity contribution is 6.33. The lowest BCUT2D eigenvalue weighted by Gasteiger charge is -2.34. The maximum atomic E-state index is 12.2. The number of hydrogen-bond acceptors (Lipinski definition) is 7. The zero-order valence-electron chi connectivity index (χ0n) is 14.2. The van der Waals surface area contributed by atoms with Crippen LogP contribution in [-0.4, -0.2) is 74.7 Å². The Hall–Kier alpha value is -2.03. The highest BCUT2D eigenvalue weighted by atomic mass is 35.5. The highest BCUT2D eigenvalue weighted by Crippen LogP contribution is 2.29. The van der Waals surface area contributed by atoms with Gasteiger partial charge in [-0.2, -0.15) is 0 Å². The fourth-order valence-corrected chi connectivity index (χ4v) is 2.76. The quantitative estimate of drug-likeness (QED) is 0.543. The number of ether oxygens (including phenoxy) is 2. The number of hydrogen-bond donors (Lipinski definition) is 2. The third-order valence-electron chi connectivity index (χ3n) is 4.08. The molecule has 9 heteroatoms. The lowest BCUT2D eigenvalue weighted by Crippen LogP contribution is -2.50. The van der Waals surface area contributed by atoms with E-state index in [9.17, 15) is 9.59 Å². The van der Waals surface area contributed by atoms with Crippen molar-refractivity contribution in [2.75, 3.05) is 58.7 Å². The van der Waals surface area contributed by atoms with E-state index in [0.717, 1.165) is 13.1 Å². The van der Waals surface area contributed by atoms with Gasteiger partial charge in [-0.15, -0.1) is 0 Å². The Morgan fingerprint density at radius 2 is 1.92 bits per heavy atom. The molecule has 0 saturated carbocycles. The second-order valence-corrected chi connectivity index (χ2v) is 6.04. The van der Waals surface area contributed by atoms with Gasteiger partial charge in [-0.25, -0.2) is 4.79 Å². The summed E-state index contributed by atoms with van der Waals surface area (Å²) in [5.41, 5.74) is 11.6. The summed E-state index contributed by atoms with van der Waals surface area (Å²) in [7, 11) is 1.45. The average Bonchev–Trinajstić information content (AvgIpc) is 2.63. The Labute approximate surface area is 151 Å². The molecule has 0 spiro atoms. The predicted octanol–water partition coefficient (Wildman–Crippen LogP) is 0.191. The molecule has 1 aromatic carbocycles. The molecule has 0 aromatic heterocycles. The van der Waals surface area contributed by atoms with E-state index < -0.39 is 5.97 Å². The smallest absolute Gasteiger partial charge is 0.342 e. The number of nitrogens with two attached hydrogens (primary N) is 2. The molecule has 1 aliphatic rings. The predicted molar refractivity (Wildman–Crippen MR) is 94.8 cm³/mol. The molecule has 1 aliphatic heterocycles. The summed E-state index contributed by atoms with van der Waals surface area (Å²) in [6.45, 7) is 3.55. The molecule has 0 bridgehead atoms. The number of nitrogens with zero attached hydrogens (tertiary/aromatic N) is 2. The lowest BCUT2D eigenvalue weighted by molar-refractivity contribution is -0.131. The Bertz CT molecular complexity index is 633. The molecule has 0 aliphatic carbocycles. The molecule has 8 nitrogen and oxygen atoms in total. The van der Waals surface area contributed by atoms with Crippen molar-refractivity contribution in [1.82, 2.24) is 9.80 Å². The number of halogens is 1. The van der Waals surface area contributed by atoms with Crippen LogP contribution in [0.3, 0.4) is 0 Å². The number of esters is 1. The van der Waals surface area contributed by atoms with Gasteiger partial charge in [0.05, 0.1) is 24.4 Å². The Morgan fingerprint density at radius 3 is 2.52 bits per heavy atom. The molecule has 0 unspecified atom stereocenters. The van der Waals surface area contributed by atoms with E-state index in [0.29, 0.717) is 31.1 Å². The average molecular weight is 371 g/mol. The third-order valence-corrected chi connectivity index (χ3v) is 4.41. The van der Waals surface area contributed by atoms with Gasteiger partial charge in [0, 0.05) is 38.8 Å². The van der Waals surface area contributed by atoms with E-state index in [4.69, 9.17) is 32.5 Å². The minimum atomic E-state index is -0.518. The van der Waals surface area contributed by atoms with Gasteiger partial charge < -0.3 is 25.8 Å². The fourth-order valence-electron chi connectivity index (χ4n) is 2.59. The van der Waals surface area contributed by atoms with Crippen LogP contribution in [0, 0.1) is 0 Å². The van der Waals surface area contributed by atoms with Crippen LogP contribution in [0.4, 0.5) is 5.69 Å². The summed E-state index contributed by atoms with van der Waals surface area (Å²) in [5.74, 6) is -0.241. The van der Waals surface area contributed by atoms with Crippen LogP contribution in [0.25, 0.3) is 0 Å². The molecule has 1 fully saturated rings. The van der Waals surface area contributed by atoms with Crippen LogP contribution in [0.1, 0.15) is 10.4 Å². The number of methoxy groups -OCH3 is 1. The van der Waals surface area contributed by atoms with Crippen molar-refractivity contribution >= 4 is 29.2 Å².